The molecule has 1 amide bonds. The molecule has 3 aromatic rings. The molecule has 0 spiro atoms. The minimum Gasteiger partial charge on any atom is -0.444 e. The zero-order valence-electron chi connectivity index (χ0n) is 18.3. The van der Waals surface area contributed by atoms with Gasteiger partial charge in [-0.05, 0) is 57.9 Å². The van der Waals surface area contributed by atoms with Crippen LogP contribution in [-0.2, 0) is 10.9 Å². The number of aliphatic hydroxyl groups excluding tert-OH is 1. The number of amides is 1. The molecule has 1 N–H and O–H groups in total. The van der Waals surface area contributed by atoms with Crippen LogP contribution in [0.3, 0.4) is 0 Å². The maximum absolute atomic E-state index is 13.3. The lowest BCUT2D eigenvalue weighted by Gasteiger charge is -2.29. The molecule has 4 rings (SSSR count). The number of carbonyl (C=O) groups excluding carboxylic acids is 1. The second-order valence-corrected chi connectivity index (χ2v) is 9.32. The highest BCUT2D eigenvalue weighted by Gasteiger charge is 2.34. The van der Waals surface area contributed by atoms with Crippen LogP contribution in [0.4, 0.5) is 18.0 Å². The molecular formula is C24H27F3N2O3. The zero-order valence-corrected chi connectivity index (χ0v) is 18.3. The summed E-state index contributed by atoms with van der Waals surface area (Å²) < 4.78 is 47.4. The number of hydrogen-bond donors (Lipinski definition) is 1. The van der Waals surface area contributed by atoms with Crippen LogP contribution < -0.4 is 0 Å². The van der Waals surface area contributed by atoms with Gasteiger partial charge in [0.25, 0.3) is 0 Å². The maximum Gasteiger partial charge on any atom is 0.416 e. The number of β-amino-alcohol motifs (C(OH)–C–C–N with tert-alkyl or cyclic N) is 1. The molecule has 0 bridgehead atoms. The van der Waals surface area contributed by atoms with Gasteiger partial charge in [0, 0.05) is 28.4 Å². The van der Waals surface area contributed by atoms with Crippen LogP contribution in [0.5, 0.6) is 0 Å². The Bertz CT molecular complexity index is 1150. The summed E-state index contributed by atoms with van der Waals surface area (Å²) in [6.45, 7) is 5.89. The molecule has 1 fully saturated rings. The number of hydrogen-bond acceptors (Lipinski definition) is 3. The third kappa shape index (κ3) is 4.28. The normalized spacial score (nSPS) is 20.5. The lowest BCUT2D eigenvalue weighted by atomic mass is 10.1. The highest BCUT2D eigenvalue weighted by atomic mass is 19.4. The van der Waals surface area contributed by atoms with Gasteiger partial charge in [-0.2, -0.15) is 13.2 Å². The third-order valence-corrected chi connectivity index (χ3v) is 5.80. The summed E-state index contributed by atoms with van der Waals surface area (Å²) in [5, 5.41) is 12.3. The molecule has 2 aromatic carbocycles. The first-order chi connectivity index (χ1) is 15.0. The van der Waals surface area contributed by atoms with Crippen molar-refractivity contribution in [2.24, 2.45) is 0 Å². The number of alkyl halides is 3. The summed E-state index contributed by atoms with van der Waals surface area (Å²) in [5.74, 6) is 0. The summed E-state index contributed by atoms with van der Waals surface area (Å²) in [7, 11) is 0. The minimum absolute atomic E-state index is 0.0915. The molecule has 1 aliphatic rings. The number of carbonyl (C=O) groups is 1. The van der Waals surface area contributed by atoms with Crippen molar-refractivity contribution in [2.45, 2.75) is 57.5 Å². The van der Waals surface area contributed by atoms with Crippen LogP contribution in [-0.4, -0.2) is 45.5 Å². The van der Waals surface area contributed by atoms with E-state index in [1.165, 1.54) is 17.0 Å². The zero-order chi connectivity index (χ0) is 23.3. The van der Waals surface area contributed by atoms with Gasteiger partial charge in [-0.25, -0.2) is 4.79 Å². The van der Waals surface area contributed by atoms with E-state index in [0.29, 0.717) is 35.7 Å². The summed E-state index contributed by atoms with van der Waals surface area (Å²) in [6, 6.07) is 10.6. The molecule has 5 nitrogen and oxygen atoms in total. The van der Waals surface area contributed by atoms with Crippen LogP contribution in [0.1, 0.15) is 45.2 Å². The van der Waals surface area contributed by atoms with E-state index in [0.717, 1.165) is 11.6 Å². The van der Waals surface area contributed by atoms with Gasteiger partial charge >= 0.3 is 12.3 Å². The largest absolute Gasteiger partial charge is 0.444 e. The quantitative estimate of drug-likeness (QED) is 0.516. The predicted octanol–water partition coefficient (Wildman–Crippen LogP) is 5.75. The fraction of sp³-hybridized carbons (Fsp3) is 0.458. The van der Waals surface area contributed by atoms with Gasteiger partial charge in [0.15, 0.2) is 0 Å². The molecule has 1 aliphatic heterocycles. The number of fused-ring (bicyclic) bond motifs is 3. The smallest absolute Gasteiger partial charge is 0.416 e. The van der Waals surface area contributed by atoms with Crippen LogP contribution >= 0.6 is 0 Å². The van der Waals surface area contributed by atoms with E-state index in [-0.39, 0.29) is 12.6 Å². The molecular weight excluding hydrogens is 421 g/mol. The van der Waals surface area contributed by atoms with Gasteiger partial charge in [-0.3, -0.25) is 0 Å². The van der Waals surface area contributed by atoms with Crippen molar-refractivity contribution < 1.29 is 27.8 Å². The average molecular weight is 448 g/mol. The van der Waals surface area contributed by atoms with E-state index in [2.05, 4.69) is 0 Å². The van der Waals surface area contributed by atoms with Crippen molar-refractivity contribution >= 4 is 27.9 Å². The minimum atomic E-state index is -4.44. The highest BCUT2D eigenvalue weighted by molar-refractivity contribution is 6.08. The van der Waals surface area contributed by atoms with E-state index in [1.54, 1.807) is 32.9 Å². The first-order valence-corrected chi connectivity index (χ1v) is 10.7. The topological polar surface area (TPSA) is 54.7 Å². The second kappa shape index (κ2) is 7.99. The average Bonchev–Trinajstić information content (AvgIpc) is 2.89. The number of rotatable bonds is 1. The number of para-hydroxylation sites is 1. The van der Waals surface area contributed by atoms with Gasteiger partial charge < -0.3 is 19.3 Å². The summed E-state index contributed by atoms with van der Waals surface area (Å²) in [5.41, 5.74) is 0.0486. The van der Waals surface area contributed by atoms with Crippen molar-refractivity contribution in [3.05, 3.63) is 48.0 Å². The molecule has 0 unspecified atom stereocenters. The standard InChI is InChI=1S/C24H27F3N2O3/c1-23(2,3)32-22(31)28-12-6-9-20(21(30)14-28)29-18-8-5-4-7-16(18)17-13-15(24(25,26)27)10-11-19(17)29/h4-5,7-8,10-11,13,20-21,30H,6,9,12,14H2,1-3H3/t20-,21-/m1/s1. The Morgan fingerprint density at radius 1 is 1.06 bits per heavy atom. The molecule has 0 saturated carbocycles. The number of aromatic nitrogens is 1. The lowest BCUT2D eigenvalue weighted by Crippen LogP contribution is -2.41. The Balaban J connectivity index is 1.75. The number of aliphatic hydroxyl groups is 1. The van der Waals surface area contributed by atoms with Crippen molar-refractivity contribution in [3.8, 4) is 0 Å². The first kappa shape index (κ1) is 22.5. The van der Waals surface area contributed by atoms with Gasteiger partial charge in [-0.15, -0.1) is 0 Å². The Morgan fingerprint density at radius 3 is 2.44 bits per heavy atom. The highest BCUT2D eigenvalue weighted by Crippen LogP contribution is 2.39. The molecule has 0 aliphatic carbocycles. The SMILES string of the molecule is CC(C)(C)OC(=O)N1CCC[C@@H](n2c3ccccc3c3cc(C(F)(F)F)ccc32)[C@H](O)C1. The number of nitrogens with zero attached hydrogens (tertiary/aromatic N) is 2. The number of benzene rings is 2. The fourth-order valence-corrected chi connectivity index (χ4v) is 4.45. The van der Waals surface area contributed by atoms with E-state index >= 15 is 0 Å². The van der Waals surface area contributed by atoms with Gasteiger partial charge in [0.2, 0.25) is 0 Å². The molecule has 2 atom stereocenters. The van der Waals surface area contributed by atoms with Crippen LogP contribution in [0, 0.1) is 0 Å². The Hall–Kier alpha value is -2.74. The molecule has 0 radical (unpaired) electrons. The predicted molar refractivity (Wildman–Crippen MR) is 117 cm³/mol. The van der Waals surface area contributed by atoms with Gasteiger partial charge in [-0.1, -0.05) is 18.2 Å². The van der Waals surface area contributed by atoms with Crippen LogP contribution in [0.2, 0.25) is 0 Å². The maximum atomic E-state index is 13.3. The van der Waals surface area contributed by atoms with Crippen molar-refractivity contribution in [3.63, 3.8) is 0 Å². The molecule has 32 heavy (non-hydrogen) atoms. The third-order valence-electron chi connectivity index (χ3n) is 5.80. The first-order valence-electron chi connectivity index (χ1n) is 10.7. The Kier molecular flexibility index (Phi) is 5.61. The van der Waals surface area contributed by atoms with E-state index in [9.17, 15) is 23.1 Å². The van der Waals surface area contributed by atoms with Crippen LogP contribution in [0.15, 0.2) is 42.5 Å². The number of halogens is 3. The monoisotopic (exact) mass is 448 g/mol. The molecule has 8 heteroatoms. The summed E-state index contributed by atoms with van der Waals surface area (Å²) >= 11 is 0. The van der Waals surface area contributed by atoms with E-state index in [1.807, 2.05) is 16.7 Å². The summed E-state index contributed by atoms with van der Waals surface area (Å²) in [6.07, 6.45) is -4.60. The van der Waals surface area contributed by atoms with Crippen molar-refractivity contribution in [2.75, 3.05) is 13.1 Å². The van der Waals surface area contributed by atoms with Gasteiger partial charge in [0.05, 0.1) is 24.3 Å². The second-order valence-electron chi connectivity index (χ2n) is 9.32. The number of likely N-dealkylation sites (tertiary alicyclic amines) is 1. The van der Waals surface area contributed by atoms with Gasteiger partial charge in [0.1, 0.15) is 5.60 Å². The fourth-order valence-electron chi connectivity index (χ4n) is 4.45. The molecule has 1 aromatic heterocycles. The lowest BCUT2D eigenvalue weighted by molar-refractivity contribution is -0.137. The Labute approximate surface area is 184 Å². The van der Waals surface area contributed by atoms with Crippen molar-refractivity contribution in [1.82, 2.24) is 9.47 Å². The number of ether oxygens (including phenoxy) is 1. The van der Waals surface area contributed by atoms with Crippen molar-refractivity contribution in [1.29, 1.82) is 0 Å². The molecule has 1 saturated heterocycles. The molecule has 172 valence electrons. The summed E-state index contributed by atoms with van der Waals surface area (Å²) in [4.78, 5) is 14.0. The Morgan fingerprint density at radius 2 is 1.75 bits per heavy atom. The molecule has 2 heterocycles. The van der Waals surface area contributed by atoms with E-state index in [4.69, 9.17) is 4.74 Å². The van der Waals surface area contributed by atoms with Crippen LogP contribution in [0.25, 0.3) is 21.8 Å². The van der Waals surface area contributed by atoms with E-state index < -0.39 is 29.5 Å².